The van der Waals surface area contributed by atoms with Gasteiger partial charge in [0.1, 0.15) is 18.1 Å². The Morgan fingerprint density at radius 3 is 2.40 bits per heavy atom. The van der Waals surface area contributed by atoms with Crippen LogP contribution in [-0.2, 0) is 29.0 Å². The summed E-state index contributed by atoms with van der Waals surface area (Å²) in [5, 5.41) is 5.56. The summed E-state index contributed by atoms with van der Waals surface area (Å²) in [6.07, 6.45) is 15.5. The Bertz CT molecular complexity index is 1900. The van der Waals surface area contributed by atoms with E-state index in [0.717, 1.165) is 89.5 Å². The summed E-state index contributed by atoms with van der Waals surface area (Å²) >= 11 is 0. The summed E-state index contributed by atoms with van der Waals surface area (Å²) in [6.45, 7) is 7.31. The first-order valence-corrected chi connectivity index (χ1v) is 17.7. The zero-order valence-corrected chi connectivity index (χ0v) is 28.7. The molecule has 2 bridgehead atoms. The van der Waals surface area contributed by atoms with E-state index in [-0.39, 0.29) is 41.9 Å². The highest BCUT2D eigenvalue weighted by atomic mass is 16.2. The molecule has 3 aromatic heterocycles. The van der Waals surface area contributed by atoms with Crippen LogP contribution in [0.4, 0.5) is 0 Å². The van der Waals surface area contributed by atoms with Crippen molar-refractivity contribution in [2.24, 2.45) is 5.41 Å². The highest BCUT2D eigenvalue weighted by molar-refractivity contribution is 6.07. The van der Waals surface area contributed by atoms with Gasteiger partial charge in [0, 0.05) is 42.0 Å². The third-order valence-electron chi connectivity index (χ3n) is 11.0. The predicted octanol–water partition coefficient (Wildman–Crippen LogP) is 6.86. The monoisotopic (exact) mass is 646 g/mol. The highest BCUT2D eigenvalue weighted by Gasteiger charge is 2.66. The van der Waals surface area contributed by atoms with Gasteiger partial charge in [-0.1, -0.05) is 44.6 Å². The SMILES string of the molecule is CC(=O)c1nn2c3c(cc(-c4cnc(C)nc4)cc13)CCCCCCCCC[C@@]13C[C@@H](C(=O)Cc4nc(C)ccc4C)N(C(=O)C2)[C@@H]1C3. The van der Waals surface area contributed by atoms with E-state index in [1.54, 1.807) is 4.68 Å². The minimum absolute atomic E-state index is 0.0121. The molecule has 0 radical (unpaired) electrons. The molecule has 48 heavy (non-hydrogen) atoms. The standard InChI is InChI=1S/C39H46N6O3/c1-24-13-14-25(2)42-32(24)18-34(47)33-19-39-15-11-9-7-5-6-8-10-12-28-16-29(30-21-40-27(4)41-22-30)17-31-37(26(3)46)43-44(38(28)31)23-36(48)45(33)35(39)20-39/h13-14,16-17,21-22,33,35H,5-12,15,18-20,23H2,1-4H3/t33-,35+,39-/m0/s1. The summed E-state index contributed by atoms with van der Waals surface area (Å²) in [5.74, 6) is 0.514. The molecular formula is C39H46N6O3. The van der Waals surface area contributed by atoms with E-state index in [1.165, 1.54) is 32.6 Å². The van der Waals surface area contributed by atoms with Crippen molar-refractivity contribution in [1.29, 1.82) is 0 Å². The summed E-state index contributed by atoms with van der Waals surface area (Å²) in [5.41, 5.74) is 6.76. The number of pyridine rings is 1. The van der Waals surface area contributed by atoms with E-state index in [4.69, 9.17) is 5.10 Å². The smallest absolute Gasteiger partial charge is 0.245 e. The van der Waals surface area contributed by atoms with Gasteiger partial charge in [-0.3, -0.25) is 24.0 Å². The lowest BCUT2D eigenvalue weighted by Gasteiger charge is -2.27. The number of rotatable bonds is 5. The number of piperidine rings is 1. The topological polar surface area (TPSA) is 111 Å². The molecule has 7 rings (SSSR count). The zero-order valence-electron chi connectivity index (χ0n) is 28.7. The van der Waals surface area contributed by atoms with Gasteiger partial charge < -0.3 is 4.90 Å². The van der Waals surface area contributed by atoms with Crippen molar-refractivity contribution in [2.45, 2.75) is 123 Å². The average molecular weight is 647 g/mol. The van der Waals surface area contributed by atoms with Crippen molar-refractivity contribution in [3.05, 3.63) is 70.7 Å². The Balaban J connectivity index is 1.28. The van der Waals surface area contributed by atoms with Gasteiger partial charge in [-0.05, 0) is 93.2 Å². The van der Waals surface area contributed by atoms with E-state index in [0.29, 0.717) is 11.5 Å². The molecule has 1 saturated carbocycles. The quantitative estimate of drug-likeness (QED) is 0.218. The van der Waals surface area contributed by atoms with Crippen molar-refractivity contribution in [3.63, 3.8) is 0 Å². The number of carbonyl (C=O) groups excluding carboxylic acids is 3. The fraction of sp³-hybridized carbons (Fsp3) is 0.513. The van der Waals surface area contributed by atoms with Crippen LogP contribution in [0.3, 0.4) is 0 Å². The molecule has 1 saturated heterocycles. The number of hydrogen-bond acceptors (Lipinski definition) is 7. The molecule has 3 aliphatic rings. The van der Waals surface area contributed by atoms with E-state index >= 15 is 0 Å². The first-order chi connectivity index (χ1) is 23.1. The number of aryl methyl sites for hydroxylation is 4. The van der Waals surface area contributed by atoms with Crippen LogP contribution in [0.2, 0.25) is 0 Å². The molecule has 5 heterocycles. The second-order valence-electron chi connectivity index (χ2n) is 14.6. The van der Waals surface area contributed by atoms with Gasteiger partial charge in [0.05, 0.1) is 23.7 Å². The fourth-order valence-corrected chi connectivity index (χ4v) is 8.33. The van der Waals surface area contributed by atoms with Gasteiger partial charge in [-0.2, -0.15) is 5.10 Å². The second-order valence-corrected chi connectivity index (χ2v) is 14.6. The molecule has 4 aromatic rings. The molecule has 2 fully saturated rings. The van der Waals surface area contributed by atoms with Gasteiger partial charge in [0.25, 0.3) is 0 Å². The molecule has 2 aliphatic heterocycles. The third kappa shape index (κ3) is 6.19. The van der Waals surface area contributed by atoms with Crippen molar-refractivity contribution >= 4 is 28.4 Å². The number of ketones is 2. The van der Waals surface area contributed by atoms with E-state index in [1.807, 2.05) is 56.3 Å². The van der Waals surface area contributed by atoms with Crippen molar-refractivity contribution in [3.8, 4) is 11.1 Å². The van der Waals surface area contributed by atoms with Crippen LogP contribution in [-0.4, -0.2) is 59.2 Å². The molecule has 1 amide bonds. The molecule has 0 N–H and O–H groups in total. The van der Waals surface area contributed by atoms with Crippen molar-refractivity contribution in [1.82, 2.24) is 29.6 Å². The molecule has 9 nitrogen and oxygen atoms in total. The van der Waals surface area contributed by atoms with Crippen LogP contribution in [0.15, 0.2) is 36.7 Å². The molecule has 1 aliphatic carbocycles. The molecule has 250 valence electrons. The summed E-state index contributed by atoms with van der Waals surface area (Å²) in [4.78, 5) is 57.0. The number of benzene rings is 1. The van der Waals surface area contributed by atoms with E-state index in [9.17, 15) is 14.4 Å². The van der Waals surface area contributed by atoms with Crippen LogP contribution >= 0.6 is 0 Å². The van der Waals surface area contributed by atoms with Crippen LogP contribution in [0.1, 0.15) is 110 Å². The van der Waals surface area contributed by atoms with Crippen LogP contribution in [0.5, 0.6) is 0 Å². The Morgan fingerprint density at radius 1 is 0.917 bits per heavy atom. The highest BCUT2D eigenvalue weighted by Crippen LogP contribution is 2.62. The lowest BCUT2D eigenvalue weighted by Crippen LogP contribution is -2.45. The summed E-state index contributed by atoms with van der Waals surface area (Å²) in [6, 6.07) is 7.73. The maximum Gasteiger partial charge on any atom is 0.245 e. The van der Waals surface area contributed by atoms with Crippen molar-refractivity contribution < 1.29 is 14.4 Å². The molecule has 0 unspecified atom stereocenters. The normalized spacial score (nSPS) is 23.2. The molecule has 0 spiro atoms. The van der Waals surface area contributed by atoms with Crippen LogP contribution < -0.4 is 0 Å². The molecule has 3 atom stereocenters. The number of aromatic nitrogens is 5. The molecular weight excluding hydrogens is 600 g/mol. The number of nitrogens with zero attached hydrogens (tertiary/aromatic N) is 6. The Kier molecular flexibility index (Phi) is 8.73. The van der Waals surface area contributed by atoms with Gasteiger partial charge in [0.2, 0.25) is 5.91 Å². The van der Waals surface area contributed by atoms with Gasteiger partial charge >= 0.3 is 0 Å². The van der Waals surface area contributed by atoms with E-state index in [2.05, 4.69) is 21.0 Å². The Morgan fingerprint density at radius 2 is 1.65 bits per heavy atom. The van der Waals surface area contributed by atoms with Gasteiger partial charge in [-0.15, -0.1) is 0 Å². The maximum atomic E-state index is 14.5. The van der Waals surface area contributed by atoms with Gasteiger partial charge in [-0.25, -0.2) is 9.97 Å². The average Bonchev–Trinajstić information content (AvgIpc) is 3.46. The van der Waals surface area contributed by atoms with Crippen LogP contribution in [0.25, 0.3) is 22.0 Å². The summed E-state index contributed by atoms with van der Waals surface area (Å²) in [7, 11) is 0. The number of hydrogen-bond donors (Lipinski definition) is 0. The molecule has 1 aromatic carbocycles. The first-order valence-electron chi connectivity index (χ1n) is 17.7. The van der Waals surface area contributed by atoms with Gasteiger partial charge in [0.15, 0.2) is 11.6 Å². The lowest BCUT2D eigenvalue weighted by molar-refractivity contribution is -0.139. The predicted molar refractivity (Wildman–Crippen MR) is 185 cm³/mol. The fourth-order valence-electron chi connectivity index (χ4n) is 8.33. The lowest BCUT2D eigenvalue weighted by atomic mass is 9.90. The molecule has 9 heteroatoms. The third-order valence-corrected chi connectivity index (χ3v) is 11.0. The zero-order chi connectivity index (χ0) is 33.6. The van der Waals surface area contributed by atoms with Crippen molar-refractivity contribution in [2.75, 3.05) is 0 Å². The van der Waals surface area contributed by atoms with E-state index < -0.39 is 6.04 Å². The summed E-state index contributed by atoms with van der Waals surface area (Å²) < 4.78 is 1.74. The second kappa shape index (κ2) is 13.0. The minimum atomic E-state index is -0.474. The van der Waals surface area contributed by atoms with Crippen LogP contribution in [0, 0.1) is 26.2 Å². The number of carbonyl (C=O) groups is 3. The number of amides is 1. The Hall–Kier alpha value is -4.27. The minimum Gasteiger partial charge on any atom is -0.327 e. The Labute approximate surface area is 282 Å². The largest absolute Gasteiger partial charge is 0.327 e. The number of Topliss-reactive ketones (excluding diaryl/α,β-unsaturated/α-hetero) is 2. The maximum absolute atomic E-state index is 14.5. The first kappa shape index (κ1) is 32.3.